The Labute approximate surface area is 112 Å². The van der Waals surface area contributed by atoms with Gasteiger partial charge in [0.1, 0.15) is 5.76 Å². The van der Waals surface area contributed by atoms with Gasteiger partial charge in [0.25, 0.3) is 0 Å². The lowest BCUT2D eigenvalue weighted by atomic mass is 10.2. The van der Waals surface area contributed by atoms with Crippen LogP contribution in [0.3, 0.4) is 0 Å². The highest BCUT2D eigenvalue weighted by Crippen LogP contribution is 2.16. The Morgan fingerprint density at radius 2 is 2.11 bits per heavy atom. The highest BCUT2D eigenvalue weighted by molar-refractivity contribution is 7.89. The highest BCUT2D eigenvalue weighted by atomic mass is 32.2. The molecule has 3 N–H and O–H groups in total. The lowest BCUT2D eigenvalue weighted by molar-refractivity contribution is 0.498. The van der Waals surface area contributed by atoms with E-state index in [1.165, 1.54) is 12.1 Å². The van der Waals surface area contributed by atoms with Crippen molar-refractivity contribution in [2.24, 2.45) is 5.14 Å². The molecule has 0 fully saturated rings. The predicted octanol–water partition coefficient (Wildman–Crippen LogP) is 1.97. The fourth-order valence-corrected chi connectivity index (χ4v) is 2.39. The molecule has 1 heterocycles. The minimum Gasteiger partial charge on any atom is -0.469 e. The maximum atomic E-state index is 11.3. The lowest BCUT2D eigenvalue weighted by Crippen LogP contribution is -2.18. The summed E-state index contributed by atoms with van der Waals surface area (Å²) >= 11 is 0. The minimum atomic E-state index is -3.67. The van der Waals surface area contributed by atoms with Gasteiger partial charge in [0.2, 0.25) is 10.0 Å². The summed E-state index contributed by atoms with van der Waals surface area (Å²) in [6, 6.07) is 10.3. The van der Waals surface area contributed by atoms with E-state index >= 15 is 0 Å². The molecule has 0 spiro atoms. The molecule has 0 aliphatic carbocycles. The van der Waals surface area contributed by atoms with Gasteiger partial charge in [-0.25, -0.2) is 13.6 Å². The van der Waals surface area contributed by atoms with E-state index in [2.05, 4.69) is 5.32 Å². The Bertz CT molecular complexity index is 636. The van der Waals surface area contributed by atoms with E-state index in [9.17, 15) is 8.42 Å². The normalized spacial score (nSPS) is 13.2. The molecule has 102 valence electrons. The summed E-state index contributed by atoms with van der Waals surface area (Å²) < 4.78 is 27.8. The maximum Gasteiger partial charge on any atom is 0.238 e. The van der Waals surface area contributed by atoms with Crippen molar-refractivity contribution in [3.63, 3.8) is 0 Å². The summed E-state index contributed by atoms with van der Waals surface area (Å²) in [6.07, 6.45) is 2.34. The number of primary sulfonamides is 1. The molecule has 2 aromatic rings. The Morgan fingerprint density at radius 1 is 1.32 bits per heavy atom. The number of benzene rings is 1. The second-order valence-corrected chi connectivity index (χ2v) is 5.96. The standard InChI is InChI=1S/C13H16N2O3S/c1-10(8-12-5-3-7-18-12)15-11-4-2-6-13(9-11)19(14,16)17/h2-7,9-10,15H,8H2,1H3,(H2,14,16,17). The Kier molecular flexibility index (Phi) is 3.92. The summed E-state index contributed by atoms with van der Waals surface area (Å²) in [7, 11) is -3.67. The van der Waals surface area contributed by atoms with Crippen LogP contribution < -0.4 is 10.5 Å². The van der Waals surface area contributed by atoms with E-state index in [1.54, 1.807) is 18.4 Å². The number of nitrogens with two attached hydrogens (primary N) is 1. The van der Waals surface area contributed by atoms with Crippen LogP contribution in [0.1, 0.15) is 12.7 Å². The molecule has 0 aliphatic rings. The number of nitrogens with one attached hydrogen (secondary N) is 1. The van der Waals surface area contributed by atoms with Gasteiger partial charge in [-0.2, -0.15) is 0 Å². The molecular formula is C13H16N2O3S. The van der Waals surface area contributed by atoms with Gasteiger partial charge >= 0.3 is 0 Å². The van der Waals surface area contributed by atoms with Gasteiger partial charge in [-0.05, 0) is 37.3 Å². The van der Waals surface area contributed by atoms with E-state index in [4.69, 9.17) is 9.56 Å². The first-order valence-electron chi connectivity index (χ1n) is 5.87. The fourth-order valence-electron chi connectivity index (χ4n) is 1.83. The van der Waals surface area contributed by atoms with Gasteiger partial charge in [-0.15, -0.1) is 0 Å². The third-order valence-corrected chi connectivity index (χ3v) is 3.57. The van der Waals surface area contributed by atoms with Crippen molar-refractivity contribution in [2.75, 3.05) is 5.32 Å². The minimum absolute atomic E-state index is 0.0997. The van der Waals surface area contributed by atoms with Crippen LogP contribution in [0.15, 0.2) is 52.0 Å². The van der Waals surface area contributed by atoms with E-state index in [1.807, 2.05) is 19.1 Å². The van der Waals surface area contributed by atoms with Gasteiger partial charge in [-0.1, -0.05) is 6.07 Å². The van der Waals surface area contributed by atoms with Crippen LogP contribution >= 0.6 is 0 Å². The molecule has 5 nitrogen and oxygen atoms in total. The summed E-state index contributed by atoms with van der Waals surface area (Å²) in [5, 5.41) is 8.31. The molecule has 1 unspecified atom stereocenters. The first-order valence-corrected chi connectivity index (χ1v) is 7.41. The molecule has 0 saturated heterocycles. The number of rotatable bonds is 5. The zero-order chi connectivity index (χ0) is 13.9. The Morgan fingerprint density at radius 3 is 2.74 bits per heavy atom. The predicted molar refractivity (Wildman–Crippen MR) is 73.3 cm³/mol. The van der Waals surface area contributed by atoms with E-state index in [0.717, 1.165) is 5.76 Å². The van der Waals surface area contributed by atoms with Crippen LogP contribution in [0.2, 0.25) is 0 Å². The molecule has 0 bridgehead atoms. The average molecular weight is 280 g/mol. The zero-order valence-electron chi connectivity index (χ0n) is 10.5. The zero-order valence-corrected chi connectivity index (χ0v) is 11.4. The van der Waals surface area contributed by atoms with Crippen molar-refractivity contribution in [1.29, 1.82) is 0 Å². The van der Waals surface area contributed by atoms with Gasteiger partial charge in [0.05, 0.1) is 11.2 Å². The SMILES string of the molecule is CC(Cc1ccco1)Nc1cccc(S(N)(=O)=O)c1. The molecule has 1 atom stereocenters. The average Bonchev–Trinajstić information content (AvgIpc) is 2.80. The summed E-state index contributed by atoms with van der Waals surface area (Å²) in [5.41, 5.74) is 0.714. The third-order valence-electron chi connectivity index (χ3n) is 2.66. The number of anilines is 1. The van der Waals surface area contributed by atoms with Crippen LogP contribution in [0.4, 0.5) is 5.69 Å². The number of hydrogen-bond acceptors (Lipinski definition) is 4. The quantitative estimate of drug-likeness (QED) is 0.876. The number of furan rings is 1. The van der Waals surface area contributed by atoms with Gasteiger partial charge in [0.15, 0.2) is 0 Å². The van der Waals surface area contributed by atoms with E-state index < -0.39 is 10.0 Å². The second-order valence-electron chi connectivity index (χ2n) is 4.40. The topological polar surface area (TPSA) is 85.3 Å². The summed E-state index contributed by atoms with van der Waals surface area (Å²) in [4.78, 5) is 0.0997. The molecule has 0 saturated carbocycles. The van der Waals surface area contributed by atoms with Crippen LogP contribution in [0.25, 0.3) is 0 Å². The van der Waals surface area contributed by atoms with Crippen molar-refractivity contribution in [1.82, 2.24) is 0 Å². The van der Waals surface area contributed by atoms with Crippen molar-refractivity contribution >= 4 is 15.7 Å². The monoisotopic (exact) mass is 280 g/mol. The van der Waals surface area contributed by atoms with Crippen LogP contribution in [-0.2, 0) is 16.4 Å². The van der Waals surface area contributed by atoms with Crippen molar-refractivity contribution in [3.8, 4) is 0 Å². The molecule has 2 rings (SSSR count). The van der Waals surface area contributed by atoms with Crippen LogP contribution in [0.5, 0.6) is 0 Å². The Hall–Kier alpha value is -1.79. The third kappa shape index (κ3) is 3.84. The number of sulfonamides is 1. The van der Waals surface area contributed by atoms with E-state index in [-0.39, 0.29) is 10.9 Å². The largest absolute Gasteiger partial charge is 0.469 e. The molecule has 0 amide bonds. The highest BCUT2D eigenvalue weighted by Gasteiger charge is 2.10. The molecular weight excluding hydrogens is 264 g/mol. The number of hydrogen-bond donors (Lipinski definition) is 2. The molecule has 0 radical (unpaired) electrons. The van der Waals surface area contributed by atoms with Crippen LogP contribution in [-0.4, -0.2) is 14.5 Å². The molecule has 0 aliphatic heterocycles. The van der Waals surface area contributed by atoms with Gasteiger partial charge in [0, 0.05) is 18.2 Å². The van der Waals surface area contributed by atoms with Gasteiger partial charge < -0.3 is 9.73 Å². The Balaban J connectivity index is 2.07. The molecule has 6 heteroatoms. The summed E-state index contributed by atoms with van der Waals surface area (Å²) in [5.74, 6) is 0.877. The van der Waals surface area contributed by atoms with Crippen molar-refractivity contribution in [3.05, 3.63) is 48.4 Å². The fraction of sp³-hybridized carbons (Fsp3) is 0.231. The molecule has 1 aromatic carbocycles. The van der Waals surface area contributed by atoms with Crippen molar-refractivity contribution in [2.45, 2.75) is 24.3 Å². The first kappa shape index (κ1) is 13.6. The first-order chi connectivity index (χ1) is 8.95. The summed E-state index contributed by atoms with van der Waals surface area (Å²) in [6.45, 7) is 1.99. The maximum absolute atomic E-state index is 11.3. The lowest BCUT2D eigenvalue weighted by Gasteiger charge is -2.14. The van der Waals surface area contributed by atoms with Gasteiger partial charge in [-0.3, -0.25) is 0 Å². The van der Waals surface area contributed by atoms with Crippen molar-refractivity contribution < 1.29 is 12.8 Å². The molecule has 1 aromatic heterocycles. The second kappa shape index (κ2) is 5.46. The smallest absolute Gasteiger partial charge is 0.238 e. The van der Waals surface area contributed by atoms with Crippen LogP contribution in [0, 0.1) is 0 Å². The molecule has 19 heavy (non-hydrogen) atoms. The van der Waals surface area contributed by atoms with E-state index in [0.29, 0.717) is 12.1 Å².